The number of fused-ring (bicyclic) bond motifs is 6. The molecule has 1 aliphatic heterocycles. The molecule has 0 aromatic heterocycles. The molecule has 1 heterocycles. The van der Waals surface area contributed by atoms with Crippen molar-refractivity contribution in [2.45, 2.75) is 51.6 Å². The van der Waals surface area contributed by atoms with Crippen molar-refractivity contribution in [1.82, 2.24) is 0 Å². The summed E-state index contributed by atoms with van der Waals surface area (Å²) in [5, 5.41) is 0. The van der Waals surface area contributed by atoms with Gasteiger partial charge in [-0.3, -0.25) is 4.79 Å². The fraction of sp³-hybridized carbons (Fsp3) is 0.824. The molecule has 0 amide bonds. The Kier molecular flexibility index (Phi) is 2.38. The van der Waals surface area contributed by atoms with Crippen LogP contribution in [-0.2, 0) is 9.53 Å². The van der Waals surface area contributed by atoms with Gasteiger partial charge < -0.3 is 4.74 Å². The molecule has 19 heavy (non-hydrogen) atoms. The van der Waals surface area contributed by atoms with Crippen LogP contribution in [0.2, 0.25) is 0 Å². The Bertz CT molecular complexity index is 442. The molecule has 2 saturated carbocycles. The van der Waals surface area contributed by atoms with Crippen LogP contribution in [0.4, 0.5) is 0 Å². The van der Waals surface area contributed by atoms with Crippen molar-refractivity contribution in [1.29, 1.82) is 0 Å². The van der Waals surface area contributed by atoms with Crippen LogP contribution >= 0.6 is 0 Å². The van der Waals surface area contributed by atoms with E-state index >= 15 is 0 Å². The van der Waals surface area contributed by atoms with Crippen LogP contribution in [0.3, 0.4) is 0 Å². The summed E-state index contributed by atoms with van der Waals surface area (Å²) in [7, 11) is 0. The second kappa shape index (κ2) is 3.72. The molecular weight excluding hydrogens is 236 g/mol. The molecule has 2 bridgehead atoms. The van der Waals surface area contributed by atoms with E-state index in [2.05, 4.69) is 26.0 Å². The number of hydrogen-bond donors (Lipinski definition) is 0. The summed E-state index contributed by atoms with van der Waals surface area (Å²) in [5.41, 5.74) is 0.416. The summed E-state index contributed by atoms with van der Waals surface area (Å²) in [5.74, 6) is 2.35. The fourth-order valence-electron chi connectivity index (χ4n) is 5.99. The molecule has 3 aliphatic carbocycles. The van der Waals surface area contributed by atoms with E-state index in [9.17, 15) is 4.79 Å². The minimum Gasteiger partial charge on any atom is -0.374 e. The van der Waals surface area contributed by atoms with Gasteiger partial charge in [0.15, 0.2) is 0 Å². The van der Waals surface area contributed by atoms with Gasteiger partial charge in [0.2, 0.25) is 0 Å². The molecule has 5 atom stereocenters. The van der Waals surface area contributed by atoms with E-state index in [1.807, 2.05) is 0 Å². The summed E-state index contributed by atoms with van der Waals surface area (Å²) in [6.45, 7) is 5.53. The van der Waals surface area contributed by atoms with E-state index in [1.54, 1.807) is 0 Å². The van der Waals surface area contributed by atoms with Gasteiger partial charge in [0.25, 0.3) is 0 Å². The lowest BCUT2D eigenvalue weighted by Gasteiger charge is -2.53. The molecule has 0 aromatic rings. The molecule has 1 spiro atoms. The largest absolute Gasteiger partial charge is 0.374 e. The second-order valence-electron chi connectivity index (χ2n) is 7.06. The Labute approximate surface area is 115 Å². The van der Waals surface area contributed by atoms with Crippen molar-refractivity contribution in [3.05, 3.63) is 12.2 Å². The zero-order valence-electron chi connectivity index (χ0n) is 12.0. The third-order valence-corrected chi connectivity index (χ3v) is 7.02. The van der Waals surface area contributed by atoms with Gasteiger partial charge in [0.1, 0.15) is 5.78 Å². The highest BCUT2D eigenvalue weighted by molar-refractivity contribution is 5.84. The van der Waals surface area contributed by atoms with E-state index in [1.165, 1.54) is 19.3 Å². The predicted octanol–water partition coefficient (Wildman–Crippen LogP) is 3.36. The van der Waals surface area contributed by atoms with Crippen molar-refractivity contribution in [3.8, 4) is 0 Å². The zero-order chi connectivity index (χ0) is 13.3. The predicted molar refractivity (Wildman–Crippen MR) is 73.7 cm³/mol. The molecule has 104 valence electrons. The molecule has 0 radical (unpaired) electrons. The maximum Gasteiger partial charge on any atom is 0.137 e. The summed E-state index contributed by atoms with van der Waals surface area (Å²) in [4.78, 5) is 12.5. The molecule has 1 saturated heterocycles. The van der Waals surface area contributed by atoms with E-state index in [0.717, 1.165) is 19.4 Å². The fourth-order valence-corrected chi connectivity index (χ4v) is 5.99. The molecule has 0 unspecified atom stereocenters. The Hall–Kier alpha value is -0.630. The first kappa shape index (κ1) is 12.1. The number of Topliss-reactive ketones (excluding diaryl/α,β-unsaturated/α-hetero) is 1. The van der Waals surface area contributed by atoms with Gasteiger partial charge in [-0.2, -0.15) is 0 Å². The zero-order valence-corrected chi connectivity index (χ0v) is 12.0. The van der Waals surface area contributed by atoms with Gasteiger partial charge in [-0.25, -0.2) is 0 Å². The quantitative estimate of drug-likeness (QED) is 0.712. The van der Waals surface area contributed by atoms with Crippen molar-refractivity contribution in [2.24, 2.45) is 29.1 Å². The van der Waals surface area contributed by atoms with E-state index in [-0.39, 0.29) is 11.5 Å². The Morgan fingerprint density at radius 2 is 1.89 bits per heavy atom. The molecule has 3 fully saturated rings. The maximum absolute atomic E-state index is 12.5. The highest BCUT2D eigenvalue weighted by Crippen LogP contribution is 2.69. The topological polar surface area (TPSA) is 26.3 Å². The lowest BCUT2D eigenvalue weighted by atomic mass is 9.61. The molecule has 4 rings (SSSR count). The van der Waals surface area contributed by atoms with Crippen molar-refractivity contribution < 1.29 is 9.53 Å². The number of ether oxygens (including phenoxy) is 1. The first-order chi connectivity index (χ1) is 9.18. The summed E-state index contributed by atoms with van der Waals surface area (Å²) >= 11 is 0. The molecular formula is C17H24O2. The van der Waals surface area contributed by atoms with Crippen molar-refractivity contribution >= 4 is 5.78 Å². The van der Waals surface area contributed by atoms with Crippen LogP contribution in [-0.4, -0.2) is 18.0 Å². The van der Waals surface area contributed by atoms with Crippen LogP contribution in [0.15, 0.2) is 12.2 Å². The third kappa shape index (κ3) is 1.20. The van der Waals surface area contributed by atoms with Crippen molar-refractivity contribution in [2.75, 3.05) is 6.61 Å². The van der Waals surface area contributed by atoms with Gasteiger partial charge in [0.05, 0.1) is 12.2 Å². The lowest BCUT2D eigenvalue weighted by molar-refractivity contribution is -0.212. The Morgan fingerprint density at radius 3 is 2.47 bits per heavy atom. The van der Waals surface area contributed by atoms with Crippen molar-refractivity contribution in [3.63, 3.8) is 0 Å². The number of rotatable bonds is 2. The smallest absolute Gasteiger partial charge is 0.137 e. The van der Waals surface area contributed by atoms with Gasteiger partial charge >= 0.3 is 0 Å². The van der Waals surface area contributed by atoms with Gasteiger partial charge in [-0.05, 0) is 36.5 Å². The summed E-state index contributed by atoms with van der Waals surface area (Å²) in [6, 6.07) is 0. The van der Waals surface area contributed by atoms with E-state index < -0.39 is 0 Å². The number of carbonyl (C=O) groups excluding carboxylic acids is 1. The lowest BCUT2D eigenvalue weighted by Crippen LogP contribution is -2.58. The average Bonchev–Trinajstić information content (AvgIpc) is 2.89. The number of carbonyl (C=O) groups is 1. The standard InChI is InChI=1S/C17H24O2/c1-3-16(4-2)11-5-6-12(16)15-14(11)13(18)7-8-17(15)9-10-19-17/h5-6,11-12,14-15H,3-4,7-10H2,1-2H3/t11-,12+,14-,15-,17+/m0/s1. The molecule has 2 heteroatoms. The van der Waals surface area contributed by atoms with Gasteiger partial charge in [0, 0.05) is 24.7 Å². The minimum atomic E-state index is 0.0678. The van der Waals surface area contributed by atoms with Crippen LogP contribution in [0.1, 0.15) is 46.0 Å². The van der Waals surface area contributed by atoms with E-state index in [0.29, 0.717) is 29.0 Å². The first-order valence-electron chi connectivity index (χ1n) is 8.03. The SMILES string of the molecule is CCC1(CC)[C@@H]2C=C[C@H]1[C@H]1C(=O)CC[C@@]3(CCO3)[C@H]12. The normalized spacial score (nSPS) is 49.5. The summed E-state index contributed by atoms with van der Waals surface area (Å²) in [6.07, 6.45) is 10.1. The van der Waals surface area contributed by atoms with Gasteiger partial charge in [-0.15, -0.1) is 0 Å². The van der Waals surface area contributed by atoms with Crippen LogP contribution in [0.5, 0.6) is 0 Å². The number of ketones is 1. The number of hydrogen-bond acceptors (Lipinski definition) is 2. The third-order valence-electron chi connectivity index (χ3n) is 7.02. The highest BCUT2D eigenvalue weighted by Gasteiger charge is 2.69. The molecule has 2 nitrogen and oxygen atoms in total. The molecule has 4 aliphatic rings. The second-order valence-corrected chi connectivity index (χ2v) is 7.06. The van der Waals surface area contributed by atoms with Crippen LogP contribution < -0.4 is 0 Å². The Balaban J connectivity index is 1.81. The highest BCUT2D eigenvalue weighted by atomic mass is 16.5. The van der Waals surface area contributed by atoms with Gasteiger partial charge in [-0.1, -0.05) is 26.0 Å². The van der Waals surface area contributed by atoms with Crippen LogP contribution in [0, 0.1) is 29.1 Å². The molecule has 0 N–H and O–H groups in total. The van der Waals surface area contributed by atoms with E-state index in [4.69, 9.17) is 4.74 Å². The molecule has 0 aromatic carbocycles. The Morgan fingerprint density at radius 1 is 1.21 bits per heavy atom. The number of allylic oxidation sites excluding steroid dienone is 2. The maximum atomic E-state index is 12.5. The summed E-state index contributed by atoms with van der Waals surface area (Å²) < 4.78 is 6.07. The minimum absolute atomic E-state index is 0.0678. The average molecular weight is 260 g/mol. The first-order valence-corrected chi connectivity index (χ1v) is 8.03. The monoisotopic (exact) mass is 260 g/mol. The van der Waals surface area contributed by atoms with Crippen LogP contribution in [0.25, 0.3) is 0 Å².